The molecule has 1 aromatic heterocycles. The minimum absolute atomic E-state index is 0.128. The van der Waals surface area contributed by atoms with Gasteiger partial charge in [-0.3, -0.25) is 14.8 Å². The molecule has 19 heavy (non-hydrogen) atoms. The molecule has 0 spiro atoms. The number of hydrogen-bond acceptors (Lipinski definition) is 4. The van der Waals surface area contributed by atoms with Gasteiger partial charge in [-0.05, 0) is 12.8 Å². The molecule has 2 N–H and O–H groups in total. The number of piperidine rings is 1. The second-order valence-electron chi connectivity index (χ2n) is 4.48. The first kappa shape index (κ1) is 13.3. The summed E-state index contributed by atoms with van der Waals surface area (Å²) in [6.07, 6.45) is 5.19. The number of nitrogens with one attached hydrogen (secondary N) is 1. The van der Waals surface area contributed by atoms with Crippen molar-refractivity contribution in [1.29, 1.82) is 0 Å². The molecule has 1 aliphatic rings. The van der Waals surface area contributed by atoms with Gasteiger partial charge >= 0.3 is 6.09 Å². The van der Waals surface area contributed by atoms with Crippen molar-refractivity contribution in [2.24, 2.45) is 5.92 Å². The van der Waals surface area contributed by atoms with Crippen LogP contribution in [0.25, 0.3) is 0 Å². The molecule has 1 atom stereocenters. The van der Waals surface area contributed by atoms with E-state index in [1.54, 1.807) is 18.6 Å². The van der Waals surface area contributed by atoms with Crippen LogP contribution in [0.1, 0.15) is 18.5 Å². The van der Waals surface area contributed by atoms with Gasteiger partial charge in [0.15, 0.2) is 0 Å². The Morgan fingerprint density at radius 2 is 2.32 bits per heavy atom. The average molecular weight is 264 g/mol. The number of carbonyl (C=O) groups excluding carboxylic acids is 1. The molecule has 0 aromatic carbocycles. The van der Waals surface area contributed by atoms with Gasteiger partial charge in [0, 0.05) is 25.5 Å². The number of rotatable bonds is 3. The lowest BCUT2D eigenvalue weighted by molar-refractivity contribution is -0.126. The number of carbonyl (C=O) groups is 2. The Hall–Kier alpha value is -2.18. The monoisotopic (exact) mass is 264 g/mol. The van der Waals surface area contributed by atoms with Crippen LogP contribution in [-0.4, -0.2) is 45.1 Å². The highest BCUT2D eigenvalue weighted by Crippen LogP contribution is 2.16. The quantitative estimate of drug-likeness (QED) is 0.828. The van der Waals surface area contributed by atoms with E-state index in [1.165, 1.54) is 4.90 Å². The van der Waals surface area contributed by atoms with Crippen LogP contribution in [0, 0.1) is 5.92 Å². The van der Waals surface area contributed by atoms with Gasteiger partial charge in [0.2, 0.25) is 5.91 Å². The Morgan fingerprint density at radius 1 is 1.47 bits per heavy atom. The first-order chi connectivity index (χ1) is 9.16. The van der Waals surface area contributed by atoms with Gasteiger partial charge in [0.05, 0.1) is 24.4 Å². The molecule has 1 saturated heterocycles. The zero-order valence-electron chi connectivity index (χ0n) is 10.5. The normalized spacial score (nSPS) is 18.9. The smallest absolute Gasteiger partial charge is 0.407 e. The van der Waals surface area contributed by atoms with Gasteiger partial charge in [0.1, 0.15) is 0 Å². The molecule has 0 radical (unpaired) electrons. The van der Waals surface area contributed by atoms with E-state index in [0.717, 1.165) is 12.8 Å². The lowest BCUT2D eigenvalue weighted by Crippen LogP contribution is -2.44. The zero-order valence-corrected chi connectivity index (χ0v) is 10.5. The van der Waals surface area contributed by atoms with Crippen LogP contribution in [0.4, 0.5) is 4.79 Å². The van der Waals surface area contributed by atoms with Crippen molar-refractivity contribution in [2.45, 2.75) is 19.4 Å². The molecule has 7 nitrogen and oxygen atoms in total. The number of nitrogens with zero attached hydrogens (tertiary/aromatic N) is 3. The van der Waals surface area contributed by atoms with Gasteiger partial charge in [-0.2, -0.15) is 0 Å². The largest absolute Gasteiger partial charge is 0.465 e. The third-order valence-corrected chi connectivity index (χ3v) is 3.12. The molecular formula is C12H16N4O3. The van der Waals surface area contributed by atoms with Gasteiger partial charge in [-0.1, -0.05) is 0 Å². The van der Waals surface area contributed by atoms with Crippen molar-refractivity contribution in [3.8, 4) is 0 Å². The van der Waals surface area contributed by atoms with Crippen LogP contribution in [0.2, 0.25) is 0 Å². The van der Waals surface area contributed by atoms with Crippen molar-refractivity contribution < 1.29 is 14.7 Å². The van der Waals surface area contributed by atoms with E-state index >= 15 is 0 Å². The van der Waals surface area contributed by atoms with E-state index in [-0.39, 0.29) is 18.4 Å². The predicted octanol–water partition coefficient (Wildman–Crippen LogP) is 0.483. The van der Waals surface area contributed by atoms with Gasteiger partial charge in [-0.15, -0.1) is 0 Å². The average Bonchev–Trinajstić information content (AvgIpc) is 2.46. The van der Waals surface area contributed by atoms with E-state index < -0.39 is 6.09 Å². The fraction of sp³-hybridized carbons (Fsp3) is 0.500. The minimum atomic E-state index is -0.966. The Bertz CT molecular complexity index is 452. The van der Waals surface area contributed by atoms with Crippen LogP contribution in [-0.2, 0) is 11.3 Å². The van der Waals surface area contributed by atoms with Crippen molar-refractivity contribution in [2.75, 3.05) is 13.1 Å². The summed E-state index contributed by atoms with van der Waals surface area (Å²) in [6, 6.07) is 0. The third-order valence-electron chi connectivity index (χ3n) is 3.12. The molecule has 1 aliphatic heterocycles. The first-order valence-corrected chi connectivity index (χ1v) is 6.17. The van der Waals surface area contributed by atoms with Crippen LogP contribution in [0.3, 0.4) is 0 Å². The van der Waals surface area contributed by atoms with Crippen molar-refractivity contribution in [3.63, 3.8) is 0 Å². The molecule has 1 unspecified atom stereocenters. The predicted molar refractivity (Wildman–Crippen MR) is 66.2 cm³/mol. The van der Waals surface area contributed by atoms with Gasteiger partial charge in [0.25, 0.3) is 0 Å². The maximum atomic E-state index is 12.0. The molecule has 2 rings (SSSR count). The Balaban J connectivity index is 1.84. The summed E-state index contributed by atoms with van der Waals surface area (Å²) in [6.45, 7) is 1.08. The molecule has 1 fully saturated rings. The summed E-state index contributed by atoms with van der Waals surface area (Å²) in [5, 5.41) is 11.7. The molecule has 7 heteroatoms. The zero-order chi connectivity index (χ0) is 13.7. The molecule has 0 bridgehead atoms. The second kappa shape index (κ2) is 6.12. The van der Waals surface area contributed by atoms with Crippen LogP contribution in [0.15, 0.2) is 18.6 Å². The van der Waals surface area contributed by atoms with E-state index in [2.05, 4.69) is 15.3 Å². The van der Waals surface area contributed by atoms with Crippen LogP contribution < -0.4 is 5.32 Å². The highest BCUT2D eigenvalue weighted by Gasteiger charge is 2.27. The van der Waals surface area contributed by atoms with Crippen LogP contribution >= 0.6 is 0 Å². The number of carboxylic acid groups (broad SMARTS) is 1. The second-order valence-corrected chi connectivity index (χ2v) is 4.48. The van der Waals surface area contributed by atoms with Crippen molar-refractivity contribution in [1.82, 2.24) is 20.2 Å². The van der Waals surface area contributed by atoms with E-state index in [9.17, 15) is 9.59 Å². The Morgan fingerprint density at radius 3 is 3.00 bits per heavy atom. The highest BCUT2D eigenvalue weighted by molar-refractivity contribution is 5.79. The number of aromatic nitrogens is 2. The molecule has 0 saturated carbocycles. The van der Waals surface area contributed by atoms with Gasteiger partial charge < -0.3 is 15.3 Å². The van der Waals surface area contributed by atoms with E-state index in [4.69, 9.17) is 5.11 Å². The summed E-state index contributed by atoms with van der Waals surface area (Å²) in [7, 11) is 0. The van der Waals surface area contributed by atoms with Gasteiger partial charge in [-0.25, -0.2) is 4.79 Å². The summed E-state index contributed by atoms with van der Waals surface area (Å²) >= 11 is 0. The molecule has 102 valence electrons. The lowest BCUT2D eigenvalue weighted by atomic mass is 9.97. The fourth-order valence-corrected chi connectivity index (χ4v) is 2.11. The van der Waals surface area contributed by atoms with E-state index in [0.29, 0.717) is 18.8 Å². The topological polar surface area (TPSA) is 95.4 Å². The summed E-state index contributed by atoms with van der Waals surface area (Å²) in [5.74, 6) is -0.405. The van der Waals surface area contributed by atoms with E-state index in [1.807, 2.05) is 0 Å². The molecule has 2 amide bonds. The standard InChI is InChI=1S/C12H16N4O3/c17-11(15-7-10-6-13-3-4-14-10)9-2-1-5-16(8-9)12(18)19/h3-4,6,9H,1-2,5,7-8H2,(H,15,17)(H,18,19). The number of likely N-dealkylation sites (tertiary alicyclic amines) is 1. The SMILES string of the molecule is O=C(NCc1cnccn1)C1CCCN(C(=O)O)C1. The maximum absolute atomic E-state index is 12.0. The summed E-state index contributed by atoms with van der Waals surface area (Å²) in [5.41, 5.74) is 0.682. The molecule has 0 aliphatic carbocycles. The lowest BCUT2D eigenvalue weighted by Gasteiger charge is -2.29. The van der Waals surface area contributed by atoms with Crippen molar-refractivity contribution >= 4 is 12.0 Å². The maximum Gasteiger partial charge on any atom is 0.407 e. The first-order valence-electron chi connectivity index (χ1n) is 6.17. The van der Waals surface area contributed by atoms with Crippen LogP contribution in [0.5, 0.6) is 0 Å². The molecule has 1 aromatic rings. The highest BCUT2D eigenvalue weighted by atomic mass is 16.4. The number of amides is 2. The summed E-state index contributed by atoms with van der Waals surface area (Å²) < 4.78 is 0. The minimum Gasteiger partial charge on any atom is -0.465 e. The van der Waals surface area contributed by atoms with Crippen molar-refractivity contribution in [3.05, 3.63) is 24.3 Å². The number of hydrogen-bond donors (Lipinski definition) is 2. The molecular weight excluding hydrogens is 248 g/mol. The molecule has 2 heterocycles. The fourth-order valence-electron chi connectivity index (χ4n) is 2.11. The Kier molecular flexibility index (Phi) is 4.27. The summed E-state index contributed by atoms with van der Waals surface area (Å²) in [4.78, 5) is 32.1. The Labute approximate surface area is 110 Å². The third kappa shape index (κ3) is 3.64.